The molecule has 179 valence electrons. The normalized spacial score (nSPS) is 15.8. The Hall–Kier alpha value is -0.586. The molecule has 0 aromatic heterocycles. The van der Waals surface area contributed by atoms with Crippen LogP contribution in [0.3, 0.4) is 0 Å². The van der Waals surface area contributed by atoms with Gasteiger partial charge in [0.05, 0.1) is 0 Å². The van der Waals surface area contributed by atoms with E-state index in [-0.39, 0.29) is 12.8 Å². The van der Waals surface area contributed by atoms with E-state index in [0.717, 1.165) is 18.3 Å². The summed E-state index contributed by atoms with van der Waals surface area (Å²) in [6.45, 7) is 4.51. The second-order valence-electron chi connectivity index (χ2n) is 10.8. The van der Waals surface area contributed by atoms with Crippen molar-refractivity contribution in [1.82, 2.24) is 0 Å². The second-order valence-corrected chi connectivity index (χ2v) is 10.8. The Morgan fingerprint density at radius 2 is 1.12 bits per heavy atom. The Kier molecular flexibility index (Phi) is 19.6. The van der Waals surface area contributed by atoms with Crippen molar-refractivity contribution in [3.8, 4) is 11.1 Å². The second kappa shape index (κ2) is 22.0. The third-order valence-corrected chi connectivity index (χ3v) is 7.92. The highest BCUT2D eigenvalue weighted by atomic mass is 14.3. The zero-order valence-electron chi connectivity index (χ0n) is 24.8. The number of aryl methyl sites for hydroxylation is 1. The molecule has 0 N–H and O–H groups in total. The molecule has 1 fully saturated rings. The maximum atomic E-state index is 5.32. The van der Waals surface area contributed by atoms with E-state index in [1.165, 1.54) is 96.3 Å². The highest BCUT2D eigenvalue weighted by Crippen LogP contribution is 2.38. The summed E-state index contributed by atoms with van der Waals surface area (Å²) < 4.78 is 0. The van der Waals surface area contributed by atoms with Gasteiger partial charge in [-0.3, -0.25) is 0 Å². The zero-order chi connectivity index (χ0) is 29.0. The van der Waals surface area contributed by atoms with Crippen molar-refractivity contribution in [2.75, 3.05) is 0 Å². The van der Waals surface area contributed by atoms with Crippen LogP contribution in [0.4, 0.5) is 0 Å². The molecule has 0 nitrogen and oxygen atoms in total. The topological polar surface area (TPSA) is 0 Å². The SMILES string of the molecule is CCCCCC1CCC(c2ccc(-c3ccc(CC)cc3)cc2)CC1.[B][B][B]B([B][B][B])[B]B([B][B][B])[B][B][B]. The highest BCUT2D eigenvalue weighted by Gasteiger charge is 2.22. The van der Waals surface area contributed by atoms with Crippen molar-refractivity contribution in [1.29, 1.82) is 0 Å². The van der Waals surface area contributed by atoms with Crippen molar-refractivity contribution < 1.29 is 0 Å². The fourth-order valence-corrected chi connectivity index (χ4v) is 5.50. The quantitative estimate of drug-likeness (QED) is 0.232. The average molecular weight is 497 g/mol. The van der Waals surface area contributed by atoms with E-state index in [0.29, 0.717) is 0 Å². The molecule has 0 saturated heterocycles. The number of rotatable bonds is 17. The van der Waals surface area contributed by atoms with Gasteiger partial charge >= 0.3 is 0 Å². The molecule has 0 spiro atoms. The van der Waals surface area contributed by atoms with Crippen LogP contribution in [-0.4, -0.2) is 107 Å². The van der Waals surface area contributed by atoms with Gasteiger partial charge in [0.1, 0.15) is 0 Å². The molecule has 3 rings (SSSR count). The van der Waals surface area contributed by atoms with Crippen LogP contribution in [0.15, 0.2) is 48.5 Å². The first-order valence-electron chi connectivity index (χ1n) is 15.2. The van der Waals surface area contributed by atoms with Crippen molar-refractivity contribution in [3.63, 3.8) is 0 Å². The Bertz CT molecular complexity index is 849. The molecule has 2 aromatic carbocycles. The van der Waals surface area contributed by atoms with Crippen LogP contribution in [0.25, 0.3) is 11.1 Å². The summed E-state index contributed by atoms with van der Waals surface area (Å²) in [6, 6.07) is 18.4. The highest BCUT2D eigenvalue weighted by molar-refractivity contribution is 7.94. The minimum absolute atomic E-state index is 0.0670. The van der Waals surface area contributed by atoms with Gasteiger partial charge in [0.25, 0.3) is 0 Å². The van der Waals surface area contributed by atoms with Crippen LogP contribution in [0.5, 0.6) is 0 Å². The largest absolute Gasteiger partial charge is 0.0654 e. The fraction of sp³-hybridized carbons (Fsp3) is 0.520. The molecule has 2 aromatic rings. The van der Waals surface area contributed by atoms with E-state index >= 15 is 0 Å². The van der Waals surface area contributed by atoms with Crippen LogP contribution in [-0.2, 0) is 6.42 Å². The first-order chi connectivity index (χ1) is 19.6. The lowest BCUT2D eigenvalue weighted by atomic mass is 8.64. The summed E-state index contributed by atoms with van der Waals surface area (Å²) in [5.74, 6) is 1.79. The summed E-state index contributed by atoms with van der Waals surface area (Å²) in [7, 11) is 36.5. The lowest BCUT2D eigenvalue weighted by Crippen LogP contribution is -2.55. The Morgan fingerprint density at radius 3 is 1.55 bits per heavy atom. The number of hydrogen-bond acceptors (Lipinski definition) is 0. The number of unbranched alkanes of at least 4 members (excludes halogenated alkanes) is 2. The van der Waals surface area contributed by atoms with Gasteiger partial charge < -0.3 is 0 Å². The van der Waals surface area contributed by atoms with Crippen LogP contribution < -0.4 is 0 Å². The van der Waals surface area contributed by atoms with Crippen LogP contribution in [0.1, 0.15) is 82.3 Å². The lowest BCUT2D eigenvalue weighted by Gasteiger charge is -2.29. The Morgan fingerprint density at radius 1 is 0.650 bits per heavy atom. The summed E-state index contributed by atoms with van der Waals surface area (Å²) in [5.41, 5.74) is 5.65. The minimum atomic E-state index is 0.0670. The van der Waals surface area contributed by atoms with Gasteiger partial charge in [-0.05, 0) is 66.2 Å². The third kappa shape index (κ3) is 13.6. The minimum Gasteiger partial charge on any atom is -0.0654 e. The van der Waals surface area contributed by atoms with Crippen LogP contribution >= 0.6 is 0 Å². The summed E-state index contributed by atoms with van der Waals surface area (Å²) in [4.78, 5) is 0. The maximum Gasteiger partial charge on any atom is 0 e. The van der Waals surface area contributed by atoms with Gasteiger partial charge in [0, 0.05) is 107 Å². The average Bonchev–Trinajstić information content (AvgIpc) is 2.99. The maximum absolute atomic E-state index is 5.32. The van der Waals surface area contributed by atoms with Crippen molar-refractivity contribution in [2.24, 2.45) is 5.92 Å². The third-order valence-electron chi connectivity index (χ3n) is 7.92. The molecule has 1 aliphatic rings. The van der Waals surface area contributed by atoms with E-state index in [1.807, 2.05) is 35.3 Å². The van der Waals surface area contributed by atoms with Crippen molar-refractivity contribution in [2.45, 2.75) is 77.6 Å². The molecule has 40 heavy (non-hydrogen) atoms. The zero-order valence-corrected chi connectivity index (χ0v) is 24.8. The molecule has 1 saturated carbocycles. The molecule has 0 heterocycles. The molecule has 0 unspecified atom stereocenters. The molecule has 0 bridgehead atoms. The van der Waals surface area contributed by atoms with Crippen molar-refractivity contribution in [3.05, 3.63) is 59.7 Å². The molecule has 0 aliphatic heterocycles. The molecular weight excluding hydrogens is 462 g/mol. The summed E-state index contributed by atoms with van der Waals surface area (Å²) in [6.07, 6.45) is 12.6. The van der Waals surface area contributed by atoms with Gasteiger partial charge in [-0.1, -0.05) is 88.1 Å². The predicted molar refractivity (Wildman–Crippen MR) is 196 cm³/mol. The van der Waals surface area contributed by atoms with E-state index < -0.39 is 0 Å². The predicted octanol–water partition coefficient (Wildman–Crippen LogP) is 2.06. The monoisotopic (exact) mass is 499 g/mol. The molecule has 1 aliphatic carbocycles. The molecular formula is C25H34B15. The summed E-state index contributed by atoms with van der Waals surface area (Å²) >= 11 is 0. The molecule has 0 amide bonds. The van der Waals surface area contributed by atoms with Gasteiger partial charge in [-0.25, -0.2) is 0 Å². The van der Waals surface area contributed by atoms with Gasteiger partial charge in [-0.15, -0.1) is 0 Å². The number of hydrogen-bond donors (Lipinski definition) is 0. The standard InChI is InChI=1S/C25H34.B15/c1-3-5-6-7-21-10-14-23(15-11-21)25-18-16-24(17-19-25)22-12-8-20(4-2)9-13-22;1-5-9-14(10-6-2)13-15(11-7-3)12-8-4/h8-9,12-13,16-19,21,23H,3-7,10-11,14-15H2,1-2H3;. The Labute approximate surface area is 260 Å². The van der Waals surface area contributed by atoms with Crippen LogP contribution in [0, 0.1) is 5.92 Å². The Balaban J connectivity index is 0.000000323. The number of benzene rings is 2. The van der Waals surface area contributed by atoms with E-state index in [2.05, 4.69) is 62.4 Å². The molecule has 0 atom stereocenters. The van der Waals surface area contributed by atoms with E-state index in [1.54, 1.807) is 5.56 Å². The molecule has 17 radical (unpaired) electrons. The first-order valence-corrected chi connectivity index (χ1v) is 15.2. The van der Waals surface area contributed by atoms with Crippen LogP contribution in [0.2, 0.25) is 0 Å². The van der Waals surface area contributed by atoms with E-state index in [4.69, 9.17) is 30.9 Å². The van der Waals surface area contributed by atoms with Gasteiger partial charge in [0.15, 0.2) is 0 Å². The molecule has 15 heteroatoms. The smallest absolute Gasteiger partial charge is 0 e. The van der Waals surface area contributed by atoms with Gasteiger partial charge in [-0.2, -0.15) is 0 Å². The fourth-order valence-electron chi connectivity index (χ4n) is 5.50. The lowest BCUT2D eigenvalue weighted by molar-refractivity contribution is 0.303. The van der Waals surface area contributed by atoms with Gasteiger partial charge in [0.2, 0.25) is 0 Å². The van der Waals surface area contributed by atoms with E-state index in [9.17, 15) is 0 Å². The van der Waals surface area contributed by atoms with Crippen molar-refractivity contribution >= 4 is 107 Å². The first kappa shape index (κ1) is 35.6. The summed E-state index contributed by atoms with van der Waals surface area (Å²) in [5, 5.41) is 0.